The van der Waals surface area contributed by atoms with E-state index in [1.54, 1.807) is 24.5 Å². The maximum absolute atomic E-state index is 6.10. The van der Waals surface area contributed by atoms with Gasteiger partial charge in [0.15, 0.2) is 0 Å². The van der Waals surface area contributed by atoms with Crippen molar-refractivity contribution in [3.8, 4) is 0 Å². The fraction of sp³-hybridized carbons (Fsp3) is 0. The van der Waals surface area contributed by atoms with Crippen molar-refractivity contribution in [2.24, 2.45) is 0 Å². The van der Waals surface area contributed by atoms with Gasteiger partial charge in [0.05, 0.1) is 21.1 Å². The molecule has 3 aromatic rings. The van der Waals surface area contributed by atoms with Crippen molar-refractivity contribution in [1.82, 2.24) is 9.97 Å². The molecule has 2 nitrogen and oxygen atoms in total. The van der Waals surface area contributed by atoms with E-state index >= 15 is 0 Å². The molecule has 0 unspecified atom stereocenters. The fourth-order valence-electron chi connectivity index (χ4n) is 1.72. The molecule has 0 radical (unpaired) electrons. The second-order valence-electron chi connectivity index (χ2n) is 3.47. The molecule has 78 valence electrons. The van der Waals surface area contributed by atoms with Crippen LogP contribution in [-0.4, -0.2) is 9.97 Å². The molecule has 0 aliphatic rings. The molecule has 0 aliphatic carbocycles. The van der Waals surface area contributed by atoms with Gasteiger partial charge in [-0.1, -0.05) is 23.2 Å². The van der Waals surface area contributed by atoms with Crippen LogP contribution in [0.25, 0.3) is 21.8 Å². The van der Waals surface area contributed by atoms with Crippen LogP contribution in [0.4, 0.5) is 0 Å². The van der Waals surface area contributed by atoms with Gasteiger partial charge in [0.2, 0.25) is 0 Å². The van der Waals surface area contributed by atoms with Gasteiger partial charge in [0, 0.05) is 23.2 Å². The zero-order valence-corrected chi connectivity index (χ0v) is 9.63. The highest BCUT2D eigenvalue weighted by atomic mass is 35.5. The number of aromatic nitrogens is 2. The van der Waals surface area contributed by atoms with Gasteiger partial charge in [-0.25, -0.2) is 0 Å². The number of halogens is 2. The largest absolute Gasteiger partial charge is 0.256 e. The number of nitrogens with zero attached hydrogens (tertiary/aromatic N) is 2. The van der Waals surface area contributed by atoms with Crippen molar-refractivity contribution in [3.05, 3.63) is 46.7 Å². The third-order valence-corrected chi connectivity index (χ3v) is 3.16. The summed E-state index contributed by atoms with van der Waals surface area (Å²) < 4.78 is 0. The van der Waals surface area contributed by atoms with Crippen LogP contribution in [0.5, 0.6) is 0 Å². The van der Waals surface area contributed by atoms with Gasteiger partial charge < -0.3 is 0 Å². The van der Waals surface area contributed by atoms with Gasteiger partial charge in [-0.2, -0.15) is 0 Å². The zero-order valence-electron chi connectivity index (χ0n) is 8.11. The third-order valence-electron chi connectivity index (χ3n) is 2.50. The van der Waals surface area contributed by atoms with Crippen LogP contribution in [0.2, 0.25) is 10.0 Å². The predicted octanol–water partition coefficient (Wildman–Crippen LogP) is 4.09. The van der Waals surface area contributed by atoms with E-state index in [9.17, 15) is 0 Å². The Morgan fingerprint density at radius 2 is 1.19 bits per heavy atom. The summed E-state index contributed by atoms with van der Waals surface area (Å²) >= 11 is 12.2. The van der Waals surface area contributed by atoms with Crippen LogP contribution in [0.3, 0.4) is 0 Å². The molecule has 16 heavy (non-hydrogen) atoms. The van der Waals surface area contributed by atoms with Crippen LogP contribution in [0.15, 0.2) is 36.7 Å². The van der Waals surface area contributed by atoms with Gasteiger partial charge in [-0.3, -0.25) is 9.97 Å². The average molecular weight is 249 g/mol. The lowest BCUT2D eigenvalue weighted by atomic mass is 10.1. The summed E-state index contributed by atoms with van der Waals surface area (Å²) in [6.07, 6.45) is 3.36. The average Bonchev–Trinajstić information content (AvgIpc) is 2.29. The monoisotopic (exact) mass is 248 g/mol. The standard InChI is InChI=1S/C12H6Cl2N2/c13-9-1-3-15-11-6-8-10(14)2-4-16-12(8)5-7(9)11/h1-6H. The van der Waals surface area contributed by atoms with Crippen LogP contribution < -0.4 is 0 Å². The SMILES string of the molecule is Clc1ccnc2cc3c(Cl)ccnc3cc12. The summed E-state index contributed by atoms with van der Waals surface area (Å²) in [5.74, 6) is 0. The number of pyridine rings is 2. The molecule has 0 N–H and O–H groups in total. The molecule has 4 heteroatoms. The smallest absolute Gasteiger partial charge is 0.0725 e. The molecule has 0 spiro atoms. The van der Waals surface area contributed by atoms with Gasteiger partial charge >= 0.3 is 0 Å². The summed E-state index contributed by atoms with van der Waals surface area (Å²) in [6.45, 7) is 0. The van der Waals surface area contributed by atoms with Crippen LogP contribution in [0.1, 0.15) is 0 Å². The van der Waals surface area contributed by atoms with E-state index in [0.29, 0.717) is 10.0 Å². The molecule has 2 heterocycles. The molecular weight excluding hydrogens is 243 g/mol. The lowest BCUT2D eigenvalue weighted by Gasteiger charge is -2.03. The Balaban J connectivity index is 2.54. The normalized spacial score (nSPS) is 11.1. The maximum atomic E-state index is 6.10. The summed E-state index contributed by atoms with van der Waals surface area (Å²) in [5, 5.41) is 3.14. The lowest BCUT2D eigenvalue weighted by molar-refractivity contribution is 1.39. The molecule has 2 aromatic heterocycles. The second-order valence-corrected chi connectivity index (χ2v) is 4.29. The number of hydrogen-bond donors (Lipinski definition) is 0. The Kier molecular flexibility index (Phi) is 2.20. The van der Waals surface area contributed by atoms with Crippen molar-refractivity contribution in [2.45, 2.75) is 0 Å². The molecule has 0 bridgehead atoms. The van der Waals surface area contributed by atoms with E-state index in [4.69, 9.17) is 23.2 Å². The molecular formula is C12H6Cl2N2. The minimum absolute atomic E-state index is 0.675. The molecule has 0 fully saturated rings. The highest BCUT2D eigenvalue weighted by Crippen LogP contribution is 2.29. The van der Waals surface area contributed by atoms with E-state index in [-0.39, 0.29) is 0 Å². The van der Waals surface area contributed by atoms with Crippen molar-refractivity contribution in [2.75, 3.05) is 0 Å². The number of benzene rings is 1. The first-order valence-corrected chi connectivity index (χ1v) is 5.50. The fourth-order valence-corrected chi connectivity index (χ4v) is 2.13. The minimum atomic E-state index is 0.675. The van der Waals surface area contributed by atoms with Crippen molar-refractivity contribution in [3.63, 3.8) is 0 Å². The summed E-state index contributed by atoms with van der Waals surface area (Å²) in [6, 6.07) is 7.35. The molecule has 3 rings (SSSR count). The molecule has 0 aliphatic heterocycles. The van der Waals surface area contributed by atoms with Gasteiger partial charge in [0.1, 0.15) is 0 Å². The van der Waals surface area contributed by atoms with E-state index in [1.165, 1.54) is 0 Å². The van der Waals surface area contributed by atoms with E-state index in [1.807, 2.05) is 12.1 Å². The van der Waals surface area contributed by atoms with E-state index in [0.717, 1.165) is 21.8 Å². The molecule has 1 aromatic carbocycles. The number of rotatable bonds is 0. The van der Waals surface area contributed by atoms with Crippen molar-refractivity contribution >= 4 is 45.0 Å². The quantitative estimate of drug-likeness (QED) is 0.561. The number of hydrogen-bond acceptors (Lipinski definition) is 2. The number of fused-ring (bicyclic) bond motifs is 2. The van der Waals surface area contributed by atoms with Crippen molar-refractivity contribution in [1.29, 1.82) is 0 Å². The molecule has 0 saturated heterocycles. The zero-order chi connectivity index (χ0) is 11.1. The first-order chi connectivity index (χ1) is 7.75. The van der Waals surface area contributed by atoms with Crippen LogP contribution in [-0.2, 0) is 0 Å². The Bertz CT molecular complexity index is 633. The Labute approximate surface area is 102 Å². The molecule has 0 saturated carbocycles. The Morgan fingerprint density at radius 1 is 0.750 bits per heavy atom. The minimum Gasteiger partial charge on any atom is -0.256 e. The highest BCUT2D eigenvalue weighted by Gasteiger charge is 2.05. The first kappa shape index (κ1) is 9.82. The maximum Gasteiger partial charge on any atom is 0.0725 e. The predicted molar refractivity (Wildman–Crippen MR) is 67.1 cm³/mol. The Hall–Kier alpha value is -1.38. The Morgan fingerprint density at radius 3 is 1.62 bits per heavy atom. The molecule has 0 amide bonds. The summed E-state index contributed by atoms with van der Waals surface area (Å²) in [7, 11) is 0. The molecule has 0 atom stereocenters. The van der Waals surface area contributed by atoms with Gasteiger partial charge in [-0.15, -0.1) is 0 Å². The van der Waals surface area contributed by atoms with E-state index < -0.39 is 0 Å². The van der Waals surface area contributed by atoms with Gasteiger partial charge in [-0.05, 0) is 24.3 Å². The van der Waals surface area contributed by atoms with Crippen LogP contribution >= 0.6 is 23.2 Å². The van der Waals surface area contributed by atoms with Gasteiger partial charge in [0.25, 0.3) is 0 Å². The van der Waals surface area contributed by atoms with Crippen LogP contribution in [0, 0.1) is 0 Å². The van der Waals surface area contributed by atoms with E-state index in [2.05, 4.69) is 9.97 Å². The lowest BCUT2D eigenvalue weighted by Crippen LogP contribution is -1.84. The summed E-state index contributed by atoms with van der Waals surface area (Å²) in [4.78, 5) is 8.52. The summed E-state index contributed by atoms with van der Waals surface area (Å²) in [5.41, 5.74) is 1.66. The van der Waals surface area contributed by atoms with Crippen molar-refractivity contribution < 1.29 is 0 Å². The highest BCUT2D eigenvalue weighted by molar-refractivity contribution is 6.37. The first-order valence-electron chi connectivity index (χ1n) is 4.74. The second kappa shape index (κ2) is 3.58. The third kappa shape index (κ3) is 1.42. The topological polar surface area (TPSA) is 25.8 Å².